The summed E-state index contributed by atoms with van der Waals surface area (Å²) in [6.07, 6.45) is 2.37. The summed E-state index contributed by atoms with van der Waals surface area (Å²) in [7, 11) is 0. The Morgan fingerprint density at radius 1 is 1.21 bits per heavy atom. The molecule has 1 amide bonds. The number of aromatic nitrogens is 3. The Kier molecular flexibility index (Phi) is 6.46. The largest absolute Gasteiger partial charge is 0.351 e. The molecule has 0 atom stereocenters. The lowest BCUT2D eigenvalue weighted by Gasteiger charge is -2.12. The van der Waals surface area contributed by atoms with Crippen molar-refractivity contribution >= 4 is 17.7 Å². The second-order valence-electron chi connectivity index (χ2n) is 6.66. The van der Waals surface area contributed by atoms with Crippen LogP contribution in [-0.4, -0.2) is 26.8 Å². The number of carbonyl (C=O) groups is 1. The van der Waals surface area contributed by atoms with Gasteiger partial charge in [0.05, 0.1) is 11.3 Å². The number of benzene rings is 1. The van der Waals surface area contributed by atoms with Gasteiger partial charge in [0, 0.05) is 19.2 Å². The van der Waals surface area contributed by atoms with E-state index in [0.29, 0.717) is 29.7 Å². The lowest BCUT2D eigenvalue weighted by Crippen LogP contribution is -2.25. The van der Waals surface area contributed by atoms with Crippen molar-refractivity contribution in [3.05, 3.63) is 58.6 Å². The average molecular weight is 397 g/mol. The van der Waals surface area contributed by atoms with E-state index < -0.39 is 0 Å². The summed E-state index contributed by atoms with van der Waals surface area (Å²) in [5.74, 6) is 1.31. The highest BCUT2D eigenvalue weighted by Crippen LogP contribution is 2.27. The fourth-order valence-corrected chi connectivity index (χ4v) is 3.86. The maximum atomic E-state index is 12.4. The number of thioether (sulfide) groups is 1. The highest BCUT2D eigenvalue weighted by Gasteiger charge is 2.14. The molecule has 28 heavy (non-hydrogen) atoms. The minimum absolute atomic E-state index is 0.0386. The number of hydrogen-bond donors (Lipinski definition) is 1. The molecule has 0 aliphatic rings. The zero-order valence-electron chi connectivity index (χ0n) is 16.6. The molecule has 0 spiro atoms. The quantitative estimate of drug-likeness (QED) is 0.607. The Bertz CT molecular complexity index is 961. The van der Waals surface area contributed by atoms with Crippen LogP contribution in [0.15, 0.2) is 40.0 Å². The van der Waals surface area contributed by atoms with Gasteiger partial charge in [-0.2, -0.15) is 4.98 Å². The molecule has 0 saturated heterocycles. The van der Waals surface area contributed by atoms with Crippen LogP contribution in [0.2, 0.25) is 0 Å². The van der Waals surface area contributed by atoms with Crippen molar-refractivity contribution in [1.82, 2.24) is 20.4 Å². The van der Waals surface area contributed by atoms with Crippen molar-refractivity contribution in [2.24, 2.45) is 0 Å². The molecule has 2 heterocycles. The fraction of sp³-hybridized carbons (Fsp3) is 0.333. The monoisotopic (exact) mass is 396 g/mol. The molecule has 0 aliphatic heterocycles. The van der Waals surface area contributed by atoms with Crippen LogP contribution in [0.3, 0.4) is 0 Å². The van der Waals surface area contributed by atoms with Crippen molar-refractivity contribution in [2.45, 2.75) is 45.7 Å². The topological polar surface area (TPSA) is 80.9 Å². The maximum Gasteiger partial charge on any atom is 0.230 e. The van der Waals surface area contributed by atoms with Crippen molar-refractivity contribution in [3.8, 4) is 11.4 Å². The summed E-state index contributed by atoms with van der Waals surface area (Å²) in [5.41, 5.74) is 5.56. The van der Waals surface area contributed by atoms with Gasteiger partial charge < -0.3 is 9.84 Å². The number of hydrogen-bond acceptors (Lipinski definition) is 6. The van der Waals surface area contributed by atoms with Gasteiger partial charge in [0.2, 0.25) is 17.6 Å². The van der Waals surface area contributed by atoms with Gasteiger partial charge in [0.25, 0.3) is 0 Å². The predicted molar refractivity (Wildman–Crippen MR) is 110 cm³/mol. The molecule has 0 bridgehead atoms. The molecule has 0 unspecified atom stereocenters. The zero-order chi connectivity index (χ0) is 20.1. The van der Waals surface area contributed by atoms with E-state index in [2.05, 4.69) is 53.3 Å². The average Bonchev–Trinajstić information content (AvgIpc) is 3.15. The second-order valence-corrected chi connectivity index (χ2v) is 7.63. The van der Waals surface area contributed by atoms with E-state index in [1.54, 1.807) is 6.20 Å². The van der Waals surface area contributed by atoms with Crippen molar-refractivity contribution in [2.75, 3.05) is 5.75 Å². The summed E-state index contributed by atoms with van der Waals surface area (Å²) in [6.45, 7) is 8.71. The summed E-state index contributed by atoms with van der Waals surface area (Å²) in [5, 5.41) is 7.72. The normalized spacial score (nSPS) is 10.9. The molecule has 2 aromatic heterocycles. The van der Waals surface area contributed by atoms with E-state index in [1.165, 1.54) is 34.0 Å². The van der Waals surface area contributed by atoms with Crippen LogP contribution >= 0.6 is 11.8 Å². The Morgan fingerprint density at radius 3 is 2.64 bits per heavy atom. The lowest BCUT2D eigenvalue weighted by molar-refractivity contribution is -0.118. The van der Waals surface area contributed by atoms with Crippen LogP contribution in [-0.2, 0) is 17.8 Å². The SMILES string of the molecule is CCc1nc(-c2cccnc2SCC(=O)NCc2c(C)cc(C)cc2C)no1. The molecule has 0 radical (unpaired) electrons. The third-order valence-electron chi connectivity index (χ3n) is 4.43. The first-order valence-corrected chi connectivity index (χ1v) is 10.2. The van der Waals surface area contributed by atoms with E-state index >= 15 is 0 Å². The first-order chi connectivity index (χ1) is 13.5. The third-order valence-corrected chi connectivity index (χ3v) is 5.43. The third kappa shape index (κ3) is 4.78. The van der Waals surface area contributed by atoms with E-state index in [4.69, 9.17) is 4.52 Å². The molecule has 0 saturated carbocycles. The number of aryl methyl sites for hydroxylation is 4. The number of nitrogens with one attached hydrogen (secondary N) is 1. The van der Waals surface area contributed by atoms with Crippen molar-refractivity contribution in [3.63, 3.8) is 0 Å². The Balaban J connectivity index is 1.63. The van der Waals surface area contributed by atoms with Crippen LogP contribution in [0.5, 0.6) is 0 Å². The van der Waals surface area contributed by atoms with Gasteiger partial charge in [0.15, 0.2) is 0 Å². The summed E-state index contributed by atoms with van der Waals surface area (Å²) < 4.78 is 5.19. The molecular weight excluding hydrogens is 372 g/mol. The van der Waals surface area contributed by atoms with Gasteiger partial charge >= 0.3 is 0 Å². The Morgan fingerprint density at radius 2 is 1.96 bits per heavy atom. The highest BCUT2D eigenvalue weighted by molar-refractivity contribution is 8.00. The number of amides is 1. The number of pyridine rings is 1. The van der Waals surface area contributed by atoms with Gasteiger partial charge in [-0.3, -0.25) is 4.79 Å². The minimum Gasteiger partial charge on any atom is -0.351 e. The van der Waals surface area contributed by atoms with Gasteiger partial charge in [-0.15, -0.1) is 0 Å². The van der Waals surface area contributed by atoms with Gasteiger partial charge in [0.1, 0.15) is 5.03 Å². The van der Waals surface area contributed by atoms with Crippen LogP contribution in [0.25, 0.3) is 11.4 Å². The summed E-state index contributed by atoms with van der Waals surface area (Å²) >= 11 is 1.37. The number of nitrogens with zero attached hydrogens (tertiary/aromatic N) is 3. The molecule has 7 heteroatoms. The van der Waals surface area contributed by atoms with Crippen LogP contribution in [0.1, 0.15) is 35.1 Å². The Hall–Kier alpha value is -2.67. The molecule has 3 aromatic rings. The minimum atomic E-state index is -0.0386. The molecule has 1 aromatic carbocycles. The van der Waals surface area contributed by atoms with E-state index in [-0.39, 0.29) is 11.7 Å². The predicted octanol–water partition coefficient (Wildman–Crippen LogP) is 4.03. The number of carbonyl (C=O) groups excluding carboxylic acids is 1. The molecule has 146 valence electrons. The van der Waals surface area contributed by atoms with Gasteiger partial charge in [-0.1, -0.05) is 41.5 Å². The molecule has 0 aliphatic carbocycles. The van der Waals surface area contributed by atoms with Crippen LogP contribution in [0, 0.1) is 20.8 Å². The summed E-state index contributed by atoms with van der Waals surface area (Å²) in [6, 6.07) is 7.98. The lowest BCUT2D eigenvalue weighted by atomic mass is 10.00. The van der Waals surface area contributed by atoms with Gasteiger partial charge in [-0.25, -0.2) is 4.98 Å². The zero-order valence-corrected chi connectivity index (χ0v) is 17.4. The molecular formula is C21H24N4O2S. The van der Waals surface area contributed by atoms with E-state index in [0.717, 1.165) is 5.56 Å². The molecule has 0 fully saturated rings. The van der Waals surface area contributed by atoms with E-state index in [9.17, 15) is 4.79 Å². The second kappa shape index (κ2) is 9.01. The smallest absolute Gasteiger partial charge is 0.230 e. The number of rotatable bonds is 7. The molecule has 3 rings (SSSR count). The molecule has 1 N–H and O–H groups in total. The highest BCUT2D eigenvalue weighted by atomic mass is 32.2. The van der Waals surface area contributed by atoms with Crippen LogP contribution < -0.4 is 5.32 Å². The van der Waals surface area contributed by atoms with Crippen molar-refractivity contribution in [1.29, 1.82) is 0 Å². The first-order valence-electron chi connectivity index (χ1n) is 9.22. The van der Waals surface area contributed by atoms with E-state index in [1.807, 2.05) is 19.1 Å². The maximum absolute atomic E-state index is 12.4. The first kappa shape index (κ1) is 20.1. The van der Waals surface area contributed by atoms with Crippen molar-refractivity contribution < 1.29 is 9.32 Å². The standard InChI is InChI=1S/C21H24N4O2S/c1-5-19-24-20(25-27-19)16-7-6-8-22-21(16)28-12-18(26)23-11-17-14(3)9-13(2)10-15(17)4/h6-10H,5,11-12H2,1-4H3,(H,23,26). The van der Waals surface area contributed by atoms with Gasteiger partial charge in [-0.05, 0) is 49.6 Å². The summed E-state index contributed by atoms with van der Waals surface area (Å²) in [4.78, 5) is 21.1. The Labute approximate surface area is 169 Å². The van der Waals surface area contributed by atoms with Crippen LogP contribution in [0.4, 0.5) is 0 Å². The fourth-order valence-electron chi connectivity index (χ4n) is 3.04. The molecule has 6 nitrogen and oxygen atoms in total.